The maximum Gasteiger partial charge on any atom is 0.0428 e. The Labute approximate surface area is 58.0 Å². The highest BCUT2D eigenvalue weighted by Crippen LogP contribution is 1.61. The van der Waals surface area contributed by atoms with Crippen LogP contribution >= 0.6 is 13.5 Å². The second kappa shape index (κ2) is 26.7. The molecule has 0 aromatic carbocycles. The van der Waals surface area contributed by atoms with Crippen molar-refractivity contribution < 1.29 is 10.2 Å². The van der Waals surface area contributed by atoms with E-state index in [2.05, 4.69) is 0 Å². The molecule has 0 aromatic rings. The van der Waals surface area contributed by atoms with Crippen molar-refractivity contribution in [3.05, 3.63) is 0 Å². The molecule has 0 saturated heterocycles. The van der Waals surface area contributed by atoms with Gasteiger partial charge in [0.2, 0.25) is 0 Å². The van der Waals surface area contributed by atoms with Crippen LogP contribution in [0.15, 0.2) is 0 Å². The summed E-state index contributed by atoms with van der Waals surface area (Å²) < 4.78 is 0. The summed E-state index contributed by atoms with van der Waals surface area (Å²) in [4.78, 5) is 0. The molecule has 0 bridgehead atoms. The van der Waals surface area contributed by atoms with Crippen LogP contribution in [0.25, 0.3) is 0 Å². The van der Waals surface area contributed by atoms with Crippen molar-refractivity contribution in [1.82, 2.24) is 0 Å². The van der Waals surface area contributed by atoms with E-state index in [0.717, 1.165) is 6.42 Å². The van der Waals surface area contributed by atoms with Crippen LogP contribution in [0.2, 0.25) is 0 Å². The first-order valence-electron chi connectivity index (χ1n) is 2.55. The van der Waals surface area contributed by atoms with Gasteiger partial charge in [0, 0.05) is 13.2 Å². The Morgan fingerprint density at radius 3 is 1.25 bits per heavy atom. The van der Waals surface area contributed by atoms with Gasteiger partial charge in [0.25, 0.3) is 0 Å². The molecule has 0 aromatic heterocycles. The lowest BCUT2D eigenvalue weighted by Gasteiger charge is -1.69. The summed E-state index contributed by atoms with van der Waals surface area (Å²) in [5.41, 5.74) is 0. The van der Waals surface area contributed by atoms with Crippen molar-refractivity contribution in [2.75, 3.05) is 13.2 Å². The molecular formula is C5H16O2S. The Morgan fingerprint density at radius 1 is 1.12 bits per heavy atom. The van der Waals surface area contributed by atoms with E-state index >= 15 is 0 Å². The van der Waals surface area contributed by atoms with Crippen LogP contribution in [0.1, 0.15) is 20.3 Å². The molecule has 0 heterocycles. The lowest BCUT2D eigenvalue weighted by molar-refractivity contribution is 0.295. The molecular weight excluding hydrogens is 124 g/mol. The highest BCUT2D eigenvalue weighted by molar-refractivity contribution is 7.59. The largest absolute Gasteiger partial charge is 0.397 e. The van der Waals surface area contributed by atoms with Gasteiger partial charge >= 0.3 is 0 Å². The van der Waals surface area contributed by atoms with E-state index in [1.807, 2.05) is 6.92 Å². The first-order valence-corrected chi connectivity index (χ1v) is 2.55. The van der Waals surface area contributed by atoms with E-state index in [1.165, 1.54) is 0 Å². The van der Waals surface area contributed by atoms with Gasteiger partial charge in [-0.1, -0.05) is 6.92 Å². The minimum absolute atomic E-state index is 0. The zero-order valence-electron chi connectivity index (χ0n) is 5.52. The number of rotatable bonds is 1. The highest BCUT2D eigenvalue weighted by atomic mass is 32.1. The number of hydrogen-bond acceptors (Lipinski definition) is 2. The molecule has 0 aliphatic rings. The van der Waals surface area contributed by atoms with Gasteiger partial charge in [0.1, 0.15) is 0 Å². The minimum Gasteiger partial charge on any atom is -0.397 e. The van der Waals surface area contributed by atoms with Gasteiger partial charge in [-0.3, -0.25) is 0 Å². The molecule has 54 valence electrons. The monoisotopic (exact) mass is 140 g/mol. The zero-order chi connectivity index (χ0) is 6.12. The molecule has 8 heavy (non-hydrogen) atoms. The van der Waals surface area contributed by atoms with Gasteiger partial charge in [-0.2, -0.15) is 13.5 Å². The van der Waals surface area contributed by atoms with Crippen LogP contribution in [-0.2, 0) is 0 Å². The molecule has 2 N–H and O–H groups in total. The van der Waals surface area contributed by atoms with Crippen molar-refractivity contribution in [2.45, 2.75) is 20.3 Å². The zero-order valence-corrected chi connectivity index (χ0v) is 6.52. The molecule has 0 radical (unpaired) electrons. The summed E-state index contributed by atoms with van der Waals surface area (Å²) in [7, 11) is 0. The van der Waals surface area contributed by atoms with E-state index < -0.39 is 0 Å². The maximum absolute atomic E-state index is 7.88. The van der Waals surface area contributed by atoms with Crippen molar-refractivity contribution >= 4 is 13.5 Å². The Balaban J connectivity index is -0.0000000575. The second-order valence-electron chi connectivity index (χ2n) is 1.04. The molecule has 0 rings (SSSR count). The number of aliphatic hydroxyl groups excluding tert-OH is 2. The van der Waals surface area contributed by atoms with Crippen LogP contribution in [-0.4, -0.2) is 23.4 Å². The first kappa shape index (κ1) is 15.7. The number of hydrogen-bond donors (Lipinski definition) is 2. The smallest absolute Gasteiger partial charge is 0.0428 e. The van der Waals surface area contributed by atoms with Crippen LogP contribution in [0, 0.1) is 0 Å². The quantitative estimate of drug-likeness (QED) is 0.557. The number of aliphatic hydroxyl groups is 2. The standard InChI is InChI=1S/C3H8O.C2H6O.H2S/c1-2-3-4;1-2-3;/h4H,2-3H2,1H3;3H,2H2,1H3;1H2. The molecule has 0 amide bonds. The van der Waals surface area contributed by atoms with Gasteiger partial charge < -0.3 is 10.2 Å². The van der Waals surface area contributed by atoms with E-state index in [4.69, 9.17) is 10.2 Å². The second-order valence-corrected chi connectivity index (χ2v) is 1.04. The van der Waals surface area contributed by atoms with Crippen LogP contribution in [0.5, 0.6) is 0 Å². The molecule has 0 aliphatic carbocycles. The average Bonchev–Trinajstić information content (AvgIpc) is 1.69. The van der Waals surface area contributed by atoms with Gasteiger partial charge in [-0.05, 0) is 13.3 Å². The van der Waals surface area contributed by atoms with Gasteiger partial charge in [0.05, 0.1) is 0 Å². The van der Waals surface area contributed by atoms with Crippen LogP contribution < -0.4 is 0 Å². The van der Waals surface area contributed by atoms with E-state index in [-0.39, 0.29) is 20.1 Å². The fourth-order valence-corrected chi connectivity index (χ4v) is 0. The Morgan fingerprint density at radius 2 is 1.25 bits per heavy atom. The summed E-state index contributed by atoms with van der Waals surface area (Å²) in [5, 5.41) is 15.4. The molecule has 0 saturated carbocycles. The third-order valence-corrected chi connectivity index (χ3v) is 0.224. The van der Waals surface area contributed by atoms with Gasteiger partial charge in [-0.25, -0.2) is 0 Å². The summed E-state index contributed by atoms with van der Waals surface area (Å²) in [6.45, 7) is 4.18. The average molecular weight is 140 g/mol. The normalized spacial score (nSPS) is 6.00. The van der Waals surface area contributed by atoms with Crippen LogP contribution in [0.3, 0.4) is 0 Å². The Kier molecular flexibility index (Phi) is 52.6. The predicted octanol–water partition coefficient (Wildman–Crippen LogP) is 0.500. The maximum atomic E-state index is 7.88. The van der Waals surface area contributed by atoms with E-state index in [0.29, 0.717) is 6.61 Å². The van der Waals surface area contributed by atoms with Crippen molar-refractivity contribution in [2.24, 2.45) is 0 Å². The fourth-order valence-electron chi connectivity index (χ4n) is 0. The Bertz CT molecular complexity index is 17.9. The summed E-state index contributed by atoms with van der Waals surface area (Å²) in [5.74, 6) is 0. The van der Waals surface area contributed by atoms with Crippen molar-refractivity contribution in [3.63, 3.8) is 0 Å². The molecule has 0 atom stereocenters. The third-order valence-electron chi connectivity index (χ3n) is 0.224. The third kappa shape index (κ3) is 108. The van der Waals surface area contributed by atoms with Crippen molar-refractivity contribution in [1.29, 1.82) is 0 Å². The predicted molar refractivity (Wildman–Crippen MR) is 40.5 cm³/mol. The fraction of sp³-hybridized carbons (Fsp3) is 1.00. The summed E-state index contributed by atoms with van der Waals surface area (Å²) >= 11 is 0. The molecule has 0 aliphatic heterocycles. The van der Waals surface area contributed by atoms with E-state index in [9.17, 15) is 0 Å². The summed E-state index contributed by atoms with van der Waals surface area (Å²) in [6, 6.07) is 0. The lowest BCUT2D eigenvalue weighted by Crippen LogP contribution is -1.69. The van der Waals surface area contributed by atoms with E-state index in [1.54, 1.807) is 6.92 Å². The SMILES string of the molecule is CCCO.CCO.S. The van der Waals surface area contributed by atoms with Gasteiger partial charge in [0.15, 0.2) is 0 Å². The first-order chi connectivity index (χ1) is 3.33. The lowest BCUT2D eigenvalue weighted by atomic mass is 10.5. The molecule has 2 nitrogen and oxygen atoms in total. The summed E-state index contributed by atoms with van der Waals surface area (Å²) in [6.07, 6.45) is 0.875. The molecule has 3 heteroatoms. The highest BCUT2D eigenvalue weighted by Gasteiger charge is 1.57. The van der Waals surface area contributed by atoms with Crippen molar-refractivity contribution in [3.8, 4) is 0 Å². The molecule has 0 fully saturated rings. The molecule has 0 spiro atoms. The molecule has 0 unspecified atom stereocenters. The van der Waals surface area contributed by atoms with Gasteiger partial charge in [-0.15, -0.1) is 0 Å². The van der Waals surface area contributed by atoms with Crippen LogP contribution in [0.4, 0.5) is 0 Å². The topological polar surface area (TPSA) is 40.5 Å². The Hall–Kier alpha value is 0.270. The minimum atomic E-state index is 0.